The molecule has 3 aliphatic heterocycles. The number of aromatic hydroxyl groups is 1. The van der Waals surface area contributed by atoms with Crippen LogP contribution in [0.25, 0.3) is 0 Å². The average Bonchev–Trinajstić information content (AvgIpc) is 2.91. The van der Waals surface area contributed by atoms with E-state index >= 15 is 0 Å². The zero-order chi connectivity index (χ0) is 32.8. The highest BCUT2D eigenvalue weighted by atomic mass is 79.9. The predicted molar refractivity (Wildman–Crippen MR) is 167 cm³/mol. The van der Waals surface area contributed by atoms with Gasteiger partial charge in [0.05, 0.1) is 35.6 Å². The molecule has 0 radical (unpaired) electrons. The molecule has 10 nitrogen and oxygen atoms in total. The number of hydrogen-bond donors (Lipinski definition) is 3. The summed E-state index contributed by atoms with van der Waals surface area (Å²) in [7, 11) is 1.63. The second-order valence-corrected chi connectivity index (χ2v) is 15.3. The van der Waals surface area contributed by atoms with Crippen LogP contribution in [0.3, 0.4) is 0 Å². The van der Waals surface area contributed by atoms with Crippen molar-refractivity contribution in [2.45, 2.75) is 122 Å². The van der Waals surface area contributed by atoms with Gasteiger partial charge in [-0.3, -0.25) is 9.59 Å². The Bertz CT molecular complexity index is 1220. The minimum Gasteiger partial charge on any atom is -0.507 e. The van der Waals surface area contributed by atoms with Crippen LogP contribution in [-0.2, 0) is 33.3 Å². The summed E-state index contributed by atoms with van der Waals surface area (Å²) in [4.78, 5) is 26.2. The molecule has 248 valence electrons. The van der Waals surface area contributed by atoms with Crippen molar-refractivity contribution in [3.8, 4) is 5.75 Å². The van der Waals surface area contributed by atoms with E-state index in [2.05, 4.69) is 38.8 Å². The molecule has 1 aromatic carbocycles. The van der Waals surface area contributed by atoms with Crippen molar-refractivity contribution in [2.24, 2.45) is 23.2 Å². The van der Waals surface area contributed by atoms with Crippen molar-refractivity contribution in [2.75, 3.05) is 7.11 Å². The number of phenolic OH excluding ortho intramolecular Hbond substituents is 1. The van der Waals surface area contributed by atoms with E-state index in [9.17, 15) is 24.9 Å². The lowest BCUT2D eigenvalue weighted by Crippen LogP contribution is -2.68. The van der Waals surface area contributed by atoms with Gasteiger partial charge in [0.2, 0.25) is 0 Å². The van der Waals surface area contributed by atoms with E-state index < -0.39 is 65.7 Å². The number of hydrogen-bond acceptors (Lipinski definition) is 10. The molecule has 0 saturated carbocycles. The van der Waals surface area contributed by atoms with Crippen molar-refractivity contribution in [1.29, 1.82) is 0 Å². The van der Waals surface area contributed by atoms with Crippen molar-refractivity contribution in [3.05, 3.63) is 26.6 Å². The van der Waals surface area contributed by atoms with E-state index in [1.54, 1.807) is 19.2 Å². The average molecular weight is 751 g/mol. The fourth-order valence-corrected chi connectivity index (χ4v) is 8.28. The van der Waals surface area contributed by atoms with Crippen LogP contribution in [0.4, 0.5) is 0 Å². The van der Waals surface area contributed by atoms with Crippen molar-refractivity contribution < 1.29 is 48.6 Å². The monoisotopic (exact) mass is 748 g/mol. The van der Waals surface area contributed by atoms with E-state index in [0.717, 1.165) is 10.0 Å². The Morgan fingerprint density at radius 1 is 1.05 bits per heavy atom. The Kier molecular flexibility index (Phi) is 10.9. The molecule has 10 atom stereocenters. The lowest BCUT2D eigenvalue weighted by atomic mass is 9.66. The molecule has 3 heterocycles. The number of carbonyl (C=O) groups excluding carboxylic acids is 2. The van der Waals surface area contributed by atoms with Crippen LogP contribution >= 0.6 is 31.9 Å². The number of ether oxygens (including phenoxy) is 5. The van der Waals surface area contributed by atoms with Gasteiger partial charge >= 0.3 is 11.9 Å². The largest absolute Gasteiger partial charge is 0.507 e. The van der Waals surface area contributed by atoms with Gasteiger partial charge in [0.15, 0.2) is 11.6 Å². The molecule has 3 saturated heterocycles. The maximum absolute atomic E-state index is 13.2. The summed E-state index contributed by atoms with van der Waals surface area (Å²) < 4.78 is 32.2. The quantitative estimate of drug-likeness (QED) is 0.288. The van der Waals surface area contributed by atoms with E-state index in [1.165, 1.54) is 6.92 Å². The molecule has 1 aromatic rings. The van der Waals surface area contributed by atoms with Gasteiger partial charge in [0, 0.05) is 35.3 Å². The van der Waals surface area contributed by atoms with E-state index in [1.807, 2.05) is 27.7 Å². The van der Waals surface area contributed by atoms with E-state index in [-0.39, 0.29) is 36.5 Å². The highest BCUT2D eigenvalue weighted by Crippen LogP contribution is 2.57. The van der Waals surface area contributed by atoms with Gasteiger partial charge < -0.3 is 39.0 Å². The first kappa shape index (κ1) is 35.6. The summed E-state index contributed by atoms with van der Waals surface area (Å²) in [6.45, 7) is 11.3. The highest BCUT2D eigenvalue weighted by Gasteiger charge is 2.64. The van der Waals surface area contributed by atoms with Gasteiger partial charge in [-0.25, -0.2) is 0 Å². The van der Waals surface area contributed by atoms with Gasteiger partial charge in [-0.05, 0) is 65.7 Å². The second-order valence-electron chi connectivity index (χ2n) is 13.6. The Hall–Kier alpha value is -1.28. The first-order chi connectivity index (χ1) is 20.4. The molecule has 1 unspecified atom stereocenters. The minimum atomic E-state index is -1.89. The van der Waals surface area contributed by atoms with Crippen LogP contribution in [0, 0.1) is 23.2 Å². The van der Waals surface area contributed by atoms with Gasteiger partial charge in [-0.1, -0.05) is 50.5 Å². The third-order valence-corrected chi connectivity index (χ3v) is 11.2. The second kappa shape index (κ2) is 13.4. The maximum Gasteiger partial charge on any atom is 0.311 e. The summed E-state index contributed by atoms with van der Waals surface area (Å²) >= 11 is 6.92. The Balaban J connectivity index is 1.67. The lowest BCUT2D eigenvalue weighted by Gasteiger charge is -2.61. The van der Waals surface area contributed by atoms with Crippen molar-refractivity contribution in [1.82, 2.24) is 0 Å². The predicted octanol–water partition coefficient (Wildman–Crippen LogP) is 5.91. The summed E-state index contributed by atoms with van der Waals surface area (Å²) in [6.07, 6.45) is -2.51. The number of phenols is 1. The van der Waals surface area contributed by atoms with E-state index in [4.69, 9.17) is 23.7 Å². The molecule has 12 heteroatoms. The molecule has 4 rings (SSSR count). The SMILES string of the molecule is CO[C@@H](CC[C@H](C)[C@H]1O[C@@]23CC(OC(=O)C[C@H]([C@@H](C)O)OC(=O)C[C@](O)(O2)[C@H](C)CC3(C)C)[C@@H]1C)c1cc(O)c(Br)cc1Br. The fraction of sp³-hybridized carbons (Fsp3) is 0.750. The zero-order valence-electron chi connectivity index (χ0n) is 26.5. The molecule has 3 aliphatic rings. The number of rotatable bonds is 7. The number of esters is 2. The van der Waals surface area contributed by atoms with Gasteiger partial charge in [-0.2, -0.15) is 0 Å². The van der Waals surface area contributed by atoms with Gasteiger partial charge in [0.1, 0.15) is 18.0 Å². The first-order valence-corrected chi connectivity index (χ1v) is 16.9. The molecular formula is C32H46Br2O10. The molecular weight excluding hydrogens is 704 g/mol. The van der Waals surface area contributed by atoms with Crippen LogP contribution in [0.2, 0.25) is 0 Å². The molecule has 1 spiro atoms. The molecule has 0 aliphatic carbocycles. The number of carbonyl (C=O) groups is 2. The number of aliphatic hydroxyl groups is 2. The Labute approximate surface area is 276 Å². The lowest BCUT2D eigenvalue weighted by molar-refractivity contribution is -0.452. The third-order valence-electron chi connectivity index (χ3n) is 9.87. The molecule has 3 N–H and O–H groups in total. The minimum absolute atomic E-state index is 0.0706. The Morgan fingerprint density at radius 2 is 1.73 bits per heavy atom. The standard InChI is InChI=1S/C32H46Br2O10/c1-16(8-9-24(40-7)20-10-23(36)22(34)11-21(20)33)29-18(3)26-14-32(43-29)30(5,6)13-17(2)31(39,44-32)15-28(38)41-25(19(4)35)12-27(37)42-26/h10-11,16-19,24-26,29,35-36,39H,8-9,12-15H2,1-7H3/t16-,17+,18-,19+,24-,25+,26?,29+,31-,32-/m0/s1. The van der Waals surface area contributed by atoms with Crippen LogP contribution in [-0.4, -0.2) is 70.4 Å². The topological polar surface area (TPSA) is 141 Å². The smallest absolute Gasteiger partial charge is 0.311 e. The molecule has 44 heavy (non-hydrogen) atoms. The highest BCUT2D eigenvalue weighted by molar-refractivity contribution is 9.11. The van der Waals surface area contributed by atoms with Crippen LogP contribution in [0.5, 0.6) is 5.75 Å². The summed E-state index contributed by atoms with van der Waals surface area (Å²) in [6, 6.07) is 3.46. The van der Waals surface area contributed by atoms with Crippen LogP contribution < -0.4 is 0 Å². The third kappa shape index (κ3) is 7.16. The molecule has 3 fully saturated rings. The molecule has 0 aromatic heterocycles. The number of halogens is 2. The summed E-state index contributed by atoms with van der Waals surface area (Å²) in [5, 5.41) is 32.4. The number of methoxy groups -OCH3 is 1. The van der Waals surface area contributed by atoms with Crippen LogP contribution in [0.1, 0.15) is 91.7 Å². The number of aliphatic hydroxyl groups excluding tert-OH is 1. The number of benzene rings is 1. The van der Waals surface area contributed by atoms with Gasteiger partial charge in [-0.15, -0.1) is 0 Å². The van der Waals surface area contributed by atoms with Gasteiger partial charge in [0.25, 0.3) is 0 Å². The van der Waals surface area contributed by atoms with Crippen molar-refractivity contribution in [3.63, 3.8) is 0 Å². The van der Waals surface area contributed by atoms with E-state index in [0.29, 0.717) is 23.7 Å². The zero-order valence-corrected chi connectivity index (χ0v) is 29.6. The van der Waals surface area contributed by atoms with Crippen LogP contribution in [0.15, 0.2) is 21.1 Å². The van der Waals surface area contributed by atoms with Crippen molar-refractivity contribution >= 4 is 43.8 Å². The fourth-order valence-electron chi connectivity index (χ4n) is 7.03. The summed E-state index contributed by atoms with van der Waals surface area (Å²) in [5.74, 6) is -5.28. The first-order valence-electron chi connectivity index (χ1n) is 15.3. The molecule has 0 amide bonds. The normalized spacial score (nSPS) is 36.2. The molecule has 3 bridgehead atoms. The number of cyclic esters (lactones) is 1. The Morgan fingerprint density at radius 3 is 2.36 bits per heavy atom. The summed E-state index contributed by atoms with van der Waals surface area (Å²) in [5.41, 5.74) is 0.193. The number of fused-ring (bicyclic) bond motifs is 2. The maximum atomic E-state index is 13.2.